The molecular weight excluding hydrogens is 212 g/mol. The molecule has 0 saturated carbocycles. The molecular formula is C10H20N2O4. The van der Waals surface area contributed by atoms with E-state index < -0.39 is 23.6 Å². The van der Waals surface area contributed by atoms with E-state index in [1.165, 1.54) is 25.9 Å². The molecule has 0 aliphatic rings. The summed E-state index contributed by atoms with van der Waals surface area (Å²) in [6.45, 7) is 4.64. The Kier molecular flexibility index (Phi) is 4.74. The molecule has 0 aliphatic heterocycles. The van der Waals surface area contributed by atoms with Gasteiger partial charge in [-0.1, -0.05) is 0 Å². The van der Waals surface area contributed by atoms with Crippen LogP contribution in [0.1, 0.15) is 20.8 Å². The first-order valence-corrected chi connectivity index (χ1v) is 4.99. The van der Waals surface area contributed by atoms with Crippen molar-refractivity contribution in [2.45, 2.75) is 32.4 Å². The fourth-order valence-electron chi connectivity index (χ4n) is 0.933. The number of likely N-dealkylation sites (N-methyl/N-ethyl adjacent to an activating group) is 2. The first-order chi connectivity index (χ1) is 7.15. The number of urea groups is 1. The van der Waals surface area contributed by atoms with Gasteiger partial charge in [-0.25, -0.2) is 9.59 Å². The molecule has 0 fully saturated rings. The van der Waals surface area contributed by atoms with Gasteiger partial charge >= 0.3 is 12.0 Å². The van der Waals surface area contributed by atoms with E-state index in [9.17, 15) is 9.59 Å². The molecule has 0 aromatic heterocycles. The SMILES string of the molecule is CC(C(=O)O)N(C)C(=O)N(C)C(C)(C)CO. The lowest BCUT2D eigenvalue weighted by atomic mass is 10.1. The average molecular weight is 232 g/mol. The first-order valence-electron chi connectivity index (χ1n) is 4.99. The smallest absolute Gasteiger partial charge is 0.326 e. The maximum atomic E-state index is 11.9. The zero-order valence-electron chi connectivity index (χ0n) is 10.4. The zero-order chi connectivity index (χ0) is 13.1. The summed E-state index contributed by atoms with van der Waals surface area (Å²) in [5.74, 6) is -1.06. The van der Waals surface area contributed by atoms with Crippen LogP contribution in [0.15, 0.2) is 0 Å². The standard InChI is InChI=1S/C10H20N2O4/c1-7(8(14)15)11(4)9(16)12(5)10(2,3)6-13/h7,13H,6H2,1-5H3,(H,14,15). The molecule has 94 valence electrons. The number of aliphatic hydroxyl groups excluding tert-OH is 1. The van der Waals surface area contributed by atoms with Crippen LogP contribution < -0.4 is 0 Å². The fraction of sp³-hybridized carbons (Fsp3) is 0.800. The van der Waals surface area contributed by atoms with Gasteiger partial charge in [0.2, 0.25) is 0 Å². The normalized spacial score (nSPS) is 13.1. The molecule has 0 bridgehead atoms. The quantitative estimate of drug-likeness (QED) is 0.726. The Balaban J connectivity index is 4.74. The average Bonchev–Trinajstić information content (AvgIpc) is 2.24. The van der Waals surface area contributed by atoms with Crippen LogP contribution in [0.5, 0.6) is 0 Å². The summed E-state index contributed by atoms with van der Waals surface area (Å²) in [4.78, 5) is 25.0. The monoisotopic (exact) mass is 232 g/mol. The number of carbonyl (C=O) groups excluding carboxylic acids is 1. The topological polar surface area (TPSA) is 81.1 Å². The van der Waals surface area contributed by atoms with Crippen molar-refractivity contribution in [2.24, 2.45) is 0 Å². The predicted octanol–water partition coefficient (Wildman–Crippen LogP) is 0.214. The fourth-order valence-corrected chi connectivity index (χ4v) is 0.933. The van der Waals surface area contributed by atoms with Crippen molar-refractivity contribution in [1.29, 1.82) is 0 Å². The third-order valence-electron chi connectivity index (χ3n) is 2.82. The van der Waals surface area contributed by atoms with Gasteiger partial charge in [0.1, 0.15) is 6.04 Å². The van der Waals surface area contributed by atoms with Crippen LogP contribution >= 0.6 is 0 Å². The third kappa shape index (κ3) is 3.10. The van der Waals surface area contributed by atoms with Gasteiger partial charge in [-0.15, -0.1) is 0 Å². The minimum atomic E-state index is -1.06. The molecule has 0 aromatic carbocycles. The number of carbonyl (C=O) groups is 2. The van der Waals surface area contributed by atoms with Gasteiger partial charge < -0.3 is 20.0 Å². The number of rotatable bonds is 4. The van der Waals surface area contributed by atoms with Crippen LogP contribution in [0.25, 0.3) is 0 Å². The van der Waals surface area contributed by atoms with Gasteiger partial charge in [0.25, 0.3) is 0 Å². The largest absolute Gasteiger partial charge is 0.480 e. The third-order valence-corrected chi connectivity index (χ3v) is 2.82. The molecule has 6 nitrogen and oxygen atoms in total. The Hall–Kier alpha value is -1.30. The summed E-state index contributed by atoms with van der Waals surface area (Å²) in [7, 11) is 2.95. The Labute approximate surface area is 95.5 Å². The van der Waals surface area contributed by atoms with Crippen LogP contribution in [-0.2, 0) is 4.79 Å². The molecule has 0 rings (SSSR count). The summed E-state index contributed by atoms with van der Waals surface area (Å²) >= 11 is 0. The molecule has 1 atom stereocenters. The number of nitrogens with zero attached hydrogens (tertiary/aromatic N) is 2. The highest BCUT2D eigenvalue weighted by Crippen LogP contribution is 2.14. The second-order valence-electron chi connectivity index (χ2n) is 4.44. The summed E-state index contributed by atoms with van der Waals surface area (Å²) in [6.07, 6.45) is 0. The van der Waals surface area contributed by atoms with E-state index in [1.54, 1.807) is 13.8 Å². The number of aliphatic carboxylic acids is 1. The van der Waals surface area contributed by atoms with Crippen molar-refractivity contribution in [1.82, 2.24) is 9.80 Å². The Morgan fingerprint density at radius 2 is 1.75 bits per heavy atom. The van der Waals surface area contributed by atoms with Gasteiger partial charge in [0, 0.05) is 14.1 Å². The van der Waals surface area contributed by atoms with E-state index in [4.69, 9.17) is 10.2 Å². The van der Waals surface area contributed by atoms with Crippen molar-refractivity contribution in [3.8, 4) is 0 Å². The van der Waals surface area contributed by atoms with Gasteiger partial charge in [0.15, 0.2) is 0 Å². The number of carboxylic acid groups (broad SMARTS) is 1. The molecule has 2 amide bonds. The predicted molar refractivity (Wildman–Crippen MR) is 59.2 cm³/mol. The van der Waals surface area contributed by atoms with Gasteiger partial charge in [0.05, 0.1) is 12.1 Å². The second-order valence-corrected chi connectivity index (χ2v) is 4.44. The lowest BCUT2D eigenvalue weighted by Gasteiger charge is -2.37. The number of amides is 2. The molecule has 0 spiro atoms. The number of carboxylic acids is 1. The highest BCUT2D eigenvalue weighted by Gasteiger charge is 2.31. The van der Waals surface area contributed by atoms with Gasteiger partial charge in [-0.05, 0) is 20.8 Å². The van der Waals surface area contributed by atoms with Crippen LogP contribution in [0, 0.1) is 0 Å². The maximum Gasteiger partial charge on any atom is 0.326 e. The van der Waals surface area contributed by atoms with E-state index in [2.05, 4.69) is 0 Å². The van der Waals surface area contributed by atoms with Crippen molar-refractivity contribution in [2.75, 3.05) is 20.7 Å². The molecule has 0 aliphatic carbocycles. The molecule has 6 heteroatoms. The van der Waals surface area contributed by atoms with Crippen LogP contribution in [0.4, 0.5) is 4.79 Å². The van der Waals surface area contributed by atoms with Crippen molar-refractivity contribution < 1.29 is 19.8 Å². The number of hydrogen-bond acceptors (Lipinski definition) is 3. The van der Waals surface area contributed by atoms with E-state index in [0.29, 0.717) is 0 Å². The van der Waals surface area contributed by atoms with E-state index in [1.807, 2.05) is 0 Å². The number of hydrogen-bond donors (Lipinski definition) is 2. The Morgan fingerprint density at radius 1 is 1.31 bits per heavy atom. The van der Waals surface area contributed by atoms with Gasteiger partial charge in [-0.3, -0.25) is 0 Å². The first kappa shape index (κ1) is 14.7. The summed E-state index contributed by atoms with van der Waals surface area (Å²) in [6, 6.07) is -1.33. The van der Waals surface area contributed by atoms with Gasteiger partial charge in [-0.2, -0.15) is 0 Å². The van der Waals surface area contributed by atoms with Crippen LogP contribution in [0.3, 0.4) is 0 Å². The summed E-state index contributed by atoms with van der Waals surface area (Å²) in [5, 5.41) is 17.9. The minimum absolute atomic E-state index is 0.190. The molecule has 0 saturated heterocycles. The lowest BCUT2D eigenvalue weighted by molar-refractivity contribution is -0.141. The Bertz CT molecular complexity index is 278. The highest BCUT2D eigenvalue weighted by molar-refractivity contribution is 5.82. The summed E-state index contributed by atoms with van der Waals surface area (Å²) in [5.41, 5.74) is -0.719. The zero-order valence-corrected chi connectivity index (χ0v) is 10.4. The van der Waals surface area contributed by atoms with Crippen molar-refractivity contribution in [3.63, 3.8) is 0 Å². The summed E-state index contributed by atoms with van der Waals surface area (Å²) < 4.78 is 0. The molecule has 0 aromatic rings. The molecule has 0 heterocycles. The highest BCUT2D eigenvalue weighted by atomic mass is 16.4. The number of aliphatic hydroxyl groups is 1. The molecule has 0 radical (unpaired) electrons. The lowest BCUT2D eigenvalue weighted by Crippen LogP contribution is -2.54. The molecule has 1 unspecified atom stereocenters. The minimum Gasteiger partial charge on any atom is -0.480 e. The van der Waals surface area contributed by atoms with E-state index >= 15 is 0 Å². The second kappa shape index (κ2) is 5.16. The van der Waals surface area contributed by atoms with Crippen molar-refractivity contribution >= 4 is 12.0 Å². The van der Waals surface area contributed by atoms with Crippen LogP contribution in [0.2, 0.25) is 0 Å². The van der Waals surface area contributed by atoms with E-state index in [-0.39, 0.29) is 6.61 Å². The van der Waals surface area contributed by atoms with Crippen molar-refractivity contribution in [3.05, 3.63) is 0 Å². The maximum absolute atomic E-state index is 11.9. The van der Waals surface area contributed by atoms with E-state index in [0.717, 1.165) is 4.90 Å². The van der Waals surface area contributed by atoms with Crippen LogP contribution in [-0.4, -0.2) is 64.3 Å². The Morgan fingerprint density at radius 3 is 2.06 bits per heavy atom. The molecule has 2 N–H and O–H groups in total. The molecule has 16 heavy (non-hydrogen) atoms.